The summed E-state index contributed by atoms with van der Waals surface area (Å²) >= 11 is 1.41. The molecule has 0 saturated heterocycles. The fraction of sp³-hybridized carbons (Fsp3) is 0.864. The van der Waals surface area contributed by atoms with Crippen molar-refractivity contribution in [3.8, 4) is 0 Å². The van der Waals surface area contributed by atoms with Gasteiger partial charge in [-0.1, -0.05) is 31.5 Å². The average molecular weight is 404 g/mol. The van der Waals surface area contributed by atoms with Gasteiger partial charge < -0.3 is 9.73 Å². The Labute approximate surface area is 172 Å². The van der Waals surface area contributed by atoms with Crippen molar-refractivity contribution in [1.82, 2.24) is 15.5 Å². The van der Waals surface area contributed by atoms with E-state index in [4.69, 9.17) is 4.42 Å². The maximum atomic E-state index is 12.7. The summed E-state index contributed by atoms with van der Waals surface area (Å²) in [6.45, 7) is 4.19. The zero-order chi connectivity index (χ0) is 19.3. The lowest BCUT2D eigenvalue weighted by atomic mass is 9.49. The largest absolute Gasteiger partial charge is 0.415 e. The summed E-state index contributed by atoms with van der Waals surface area (Å²) in [5.74, 6) is 4.09. The van der Waals surface area contributed by atoms with Gasteiger partial charge in [0.1, 0.15) is 0 Å². The normalized spacial score (nSPS) is 40.4. The molecule has 1 aromatic heterocycles. The number of nitrogens with zero attached hydrogens (tertiary/aromatic N) is 2. The molecule has 6 heteroatoms. The van der Waals surface area contributed by atoms with Crippen molar-refractivity contribution in [2.45, 2.75) is 100.0 Å². The summed E-state index contributed by atoms with van der Waals surface area (Å²) in [5.41, 5.74) is 0.129. The highest BCUT2D eigenvalue weighted by molar-refractivity contribution is 8.00. The molecule has 28 heavy (non-hydrogen) atoms. The predicted octanol–water partition coefficient (Wildman–Crippen LogP) is 4.71. The fourth-order valence-electron chi connectivity index (χ4n) is 6.88. The van der Waals surface area contributed by atoms with Crippen molar-refractivity contribution in [2.75, 3.05) is 0 Å². The van der Waals surface area contributed by atoms with Crippen molar-refractivity contribution >= 4 is 17.7 Å². The summed E-state index contributed by atoms with van der Waals surface area (Å²) in [6, 6.07) is 0.314. The van der Waals surface area contributed by atoms with Crippen LogP contribution in [0.25, 0.3) is 0 Å². The van der Waals surface area contributed by atoms with Gasteiger partial charge in [-0.05, 0) is 82.0 Å². The van der Waals surface area contributed by atoms with Gasteiger partial charge in [0.05, 0.1) is 5.25 Å². The molecule has 0 spiro atoms. The van der Waals surface area contributed by atoms with Crippen LogP contribution in [-0.2, 0) is 10.2 Å². The fourth-order valence-corrected chi connectivity index (χ4v) is 7.57. The number of thioether (sulfide) groups is 1. The second-order valence-electron chi connectivity index (χ2n) is 10.2. The number of carbonyl (C=O) groups is 1. The highest BCUT2D eigenvalue weighted by Crippen LogP contribution is 2.60. The first-order chi connectivity index (χ1) is 13.5. The minimum absolute atomic E-state index is 0.0957. The van der Waals surface area contributed by atoms with Gasteiger partial charge in [0, 0.05) is 11.5 Å². The van der Waals surface area contributed by atoms with E-state index in [2.05, 4.69) is 22.4 Å². The van der Waals surface area contributed by atoms with E-state index in [1.165, 1.54) is 69.5 Å². The van der Waals surface area contributed by atoms with Crippen molar-refractivity contribution in [3.63, 3.8) is 0 Å². The Morgan fingerprint density at radius 1 is 1.11 bits per heavy atom. The number of amides is 1. The van der Waals surface area contributed by atoms with Crippen molar-refractivity contribution < 1.29 is 9.21 Å². The Bertz CT molecular complexity index is 698. The molecule has 0 unspecified atom stereocenters. The van der Waals surface area contributed by atoms with Crippen LogP contribution in [0.15, 0.2) is 9.64 Å². The first kappa shape index (κ1) is 19.0. The first-order valence-corrected chi connectivity index (χ1v) is 12.2. The summed E-state index contributed by atoms with van der Waals surface area (Å²) in [4.78, 5) is 12.7. The van der Waals surface area contributed by atoms with E-state index in [-0.39, 0.29) is 16.6 Å². The van der Waals surface area contributed by atoms with Crippen LogP contribution < -0.4 is 5.32 Å². The number of hydrogen-bond donors (Lipinski definition) is 1. The van der Waals surface area contributed by atoms with Gasteiger partial charge in [-0.3, -0.25) is 4.79 Å². The third kappa shape index (κ3) is 3.50. The van der Waals surface area contributed by atoms with Crippen LogP contribution in [0.4, 0.5) is 0 Å². The predicted molar refractivity (Wildman–Crippen MR) is 109 cm³/mol. The zero-order valence-corrected chi connectivity index (χ0v) is 18.0. The maximum Gasteiger partial charge on any atom is 0.277 e. The number of carbonyl (C=O) groups excluding carboxylic acids is 1. The number of nitrogens with one attached hydrogen (secondary N) is 1. The molecule has 5 aliphatic rings. The lowest BCUT2D eigenvalue weighted by Crippen LogP contribution is -2.48. The van der Waals surface area contributed by atoms with Gasteiger partial charge >= 0.3 is 0 Å². The molecule has 1 N–H and O–H groups in total. The first-order valence-electron chi connectivity index (χ1n) is 11.3. The number of aromatic nitrogens is 2. The van der Waals surface area contributed by atoms with Gasteiger partial charge in [0.15, 0.2) is 0 Å². The van der Waals surface area contributed by atoms with Gasteiger partial charge in [0.2, 0.25) is 11.8 Å². The maximum absolute atomic E-state index is 12.7. The monoisotopic (exact) mass is 403 g/mol. The zero-order valence-electron chi connectivity index (χ0n) is 17.2. The van der Waals surface area contributed by atoms with E-state index >= 15 is 0 Å². The lowest BCUT2D eigenvalue weighted by Gasteiger charge is -2.55. The molecule has 1 amide bonds. The Morgan fingerprint density at radius 2 is 1.75 bits per heavy atom. The third-order valence-corrected chi connectivity index (χ3v) is 8.92. The standard InChI is InChI=1S/C22H33N3O2S/c1-13-5-3-4-6-18(13)23-19(26)14(2)28-21-25-24-20(27-21)22-10-15-7-16(11-22)9-17(8-15)12-22/h13-18H,3-12H2,1-2H3,(H,23,26)/t13-,14+,15?,16?,17?,18-,22?/m0/s1. The van der Waals surface area contributed by atoms with Gasteiger partial charge in [-0.25, -0.2) is 0 Å². The molecule has 0 radical (unpaired) electrons. The second kappa shape index (κ2) is 7.33. The molecule has 0 aliphatic heterocycles. The highest BCUT2D eigenvalue weighted by atomic mass is 32.2. The number of rotatable bonds is 5. The molecule has 1 aromatic rings. The number of hydrogen-bond acceptors (Lipinski definition) is 5. The van der Waals surface area contributed by atoms with Crippen molar-refractivity contribution in [3.05, 3.63) is 5.89 Å². The minimum Gasteiger partial charge on any atom is -0.415 e. The van der Waals surface area contributed by atoms with E-state index in [1.54, 1.807) is 0 Å². The molecule has 5 fully saturated rings. The van der Waals surface area contributed by atoms with Gasteiger partial charge in [-0.2, -0.15) is 0 Å². The van der Waals surface area contributed by atoms with E-state index in [9.17, 15) is 4.79 Å². The van der Waals surface area contributed by atoms with Crippen LogP contribution in [-0.4, -0.2) is 27.4 Å². The smallest absolute Gasteiger partial charge is 0.277 e. The van der Waals surface area contributed by atoms with Crippen LogP contribution in [0, 0.1) is 23.7 Å². The summed E-state index contributed by atoms with van der Waals surface area (Å²) in [7, 11) is 0. The lowest BCUT2D eigenvalue weighted by molar-refractivity contribution is -0.121. The molecule has 5 nitrogen and oxygen atoms in total. The third-order valence-electron chi connectivity index (χ3n) is 7.98. The SMILES string of the molecule is C[C@@H](Sc1nnc(C23CC4CC(CC(C4)C2)C3)o1)C(=O)N[C@H]1CCCC[C@@H]1C. The molecule has 3 atom stereocenters. The molecule has 154 valence electrons. The Morgan fingerprint density at radius 3 is 2.39 bits per heavy atom. The molecule has 5 saturated carbocycles. The quantitative estimate of drug-likeness (QED) is 0.721. The van der Waals surface area contributed by atoms with Crippen LogP contribution in [0.1, 0.15) is 83.9 Å². The molecule has 5 aliphatic carbocycles. The minimum atomic E-state index is -0.209. The summed E-state index contributed by atoms with van der Waals surface area (Å²) in [5, 5.41) is 12.4. The van der Waals surface area contributed by atoms with Gasteiger partial charge in [0.25, 0.3) is 5.22 Å². The molecular weight excluding hydrogens is 370 g/mol. The molecule has 1 heterocycles. The second-order valence-corrected chi connectivity index (χ2v) is 11.5. The Balaban J connectivity index is 1.22. The van der Waals surface area contributed by atoms with Crippen LogP contribution in [0.3, 0.4) is 0 Å². The van der Waals surface area contributed by atoms with Crippen LogP contribution in [0.2, 0.25) is 0 Å². The van der Waals surface area contributed by atoms with E-state index in [1.807, 2.05) is 6.92 Å². The molecule has 6 rings (SSSR count). The Kier molecular flexibility index (Phi) is 4.96. The highest BCUT2D eigenvalue weighted by Gasteiger charge is 2.54. The van der Waals surface area contributed by atoms with Crippen molar-refractivity contribution in [1.29, 1.82) is 0 Å². The van der Waals surface area contributed by atoms with E-state index in [0.29, 0.717) is 17.2 Å². The van der Waals surface area contributed by atoms with E-state index in [0.717, 1.165) is 30.1 Å². The van der Waals surface area contributed by atoms with Gasteiger partial charge in [-0.15, -0.1) is 10.2 Å². The Hall–Kier alpha value is -1.04. The topological polar surface area (TPSA) is 68.0 Å². The van der Waals surface area contributed by atoms with Crippen LogP contribution in [0.5, 0.6) is 0 Å². The summed E-state index contributed by atoms with van der Waals surface area (Å²) < 4.78 is 6.16. The average Bonchev–Trinajstić information content (AvgIpc) is 3.12. The molecular formula is C22H33N3O2S. The summed E-state index contributed by atoms with van der Waals surface area (Å²) in [6.07, 6.45) is 12.7. The van der Waals surface area contributed by atoms with Crippen LogP contribution >= 0.6 is 11.8 Å². The van der Waals surface area contributed by atoms with E-state index < -0.39 is 0 Å². The molecule has 0 aromatic carbocycles. The van der Waals surface area contributed by atoms with Crippen molar-refractivity contribution in [2.24, 2.45) is 23.7 Å². The molecule has 4 bridgehead atoms.